The zero-order chi connectivity index (χ0) is 61.7. The highest BCUT2D eigenvalue weighted by Gasteiger charge is 2.47. The van der Waals surface area contributed by atoms with Crippen molar-refractivity contribution >= 4 is 101 Å². The number of benzene rings is 13. The molecule has 5 heterocycles. The molecule has 18 rings (SSSR count). The van der Waals surface area contributed by atoms with Crippen LogP contribution in [0.25, 0.3) is 99.5 Å². The summed E-state index contributed by atoms with van der Waals surface area (Å²) in [4.78, 5) is 5.37. The molecule has 0 fully saturated rings. The second-order valence-corrected chi connectivity index (χ2v) is 27.2. The van der Waals surface area contributed by atoms with Crippen LogP contribution < -0.4 is 30.9 Å². The molecular weight excluding hydrogens is 1120 g/mol. The van der Waals surface area contributed by atoms with Crippen LogP contribution in [0.5, 0.6) is 11.5 Å². The van der Waals surface area contributed by atoms with Crippen molar-refractivity contribution in [2.24, 2.45) is 0 Å². The van der Waals surface area contributed by atoms with Crippen molar-refractivity contribution in [1.82, 2.24) is 9.13 Å². The summed E-state index contributed by atoms with van der Waals surface area (Å²) in [5, 5.41) is 4.87. The van der Waals surface area contributed by atoms with E-state index in [1.165, 1.54) is 49.1 Å². The van der Waals surface area contributed by atoms with E-state index in [4.69, 9.17) is 4.74 Å². The third-order valence-electron chi connectivity index (χ3n) is 19.8. The molecule has 0 saturated heterocycles. The lowest BCUT2D eigenvalue weighted by molar-refractivity contribution is 0.486. The molecule has 0 spiro atoms. The topological polar surface area (TPSA) is 25.6 Å². The average Bonchev–Trinajstić information content (AvgIpc) is 0.750. The third kappa shape index (κ3) is 8.12. The molecule has 92 heavy (non-hydrogen) atoms. The van der Waals surface area contributed by atoms with Gasteiger partial charge in [0.25, 0.3) is 6.71 Å². The fourth-order valence-corrected chi connectivity index (χ4v) is 15.5. The lowest BCUT2D eigenvalue weighted by Gasteiger charge is -2.47. The Balaban J connectivity index is 1.07. The molecule has 3 aliphatic rings. The summed E-state index contributed by atoms with van der Waals surface area (Å²) in [6.45, 7) is 13.8. The zero-order valence-corrected chi connectivity index (χ0v) is 52.4. The fourth-order valence-electron chi connectivity index (χ4n) is 15.5. The number of aromatic nitrogens is 2. The van der Waals surface area contributed by atoms with Crippen LogP contribution in [-0.4, -0.2) is 15.8 Å². The van der Waals surface area contributed by atoms with E-state index in [-0.39, 0.29) is 17.5 Å². The molecule has 0 atom stereocenters. The van der Waals surface area contributed by atoms with Crippen molar-refractivity contribution in [2.75, 3.05) is 9.80 Å². The fraction of sp³-hybridized carbons (Fsp3) is 0.0930. The number of hydrogen-bond acceptors (Lipinski definition) is 3. The van der Waals surface area contributed by atoms with Gasteiger partial charge < -0.3 is 23.7 Å². The monoisotopic (exact) mass is 1180 g/mol. The summed E-state index contributed by atoms with van der Waals surface area (Å²) in [7, 11) is 0. The molecule has 0 N–H and O–H groups in total. The Morgan fingerprint density at radius 1 is 0.293 bits per heavy atom. The maximum Gasteiger partial charge on any atom is 0.252 e. The van der Waals surface area contributed by atoms with Crippen molar-refractivity contribution < 1.29 is 4.74 Å². The minimum atomic E-state index is -0.261. The molecule has 0 bridgehead atoms. The van der Waals surface area contributed by atoms with Crippen molar-refractivity contribution in [3.63, 3.8) is 0 Å². The number of anilines is 6. The number of nitrogens with zero attached hydrogens (tertiary/aromatic N) is 4. The van der Waals surface area contributed by atoms with Crippen molar-refractivity contribution in [3.05, 3.63) is 296 Å². The van der Waals surface area contributed by atoms with Crippen LogP contribution in [0.3, 0.4) is 0 Å². The number of hydrogen-bond donors (Lipinski definition) is 0. The van der Waals surface area contributed by atoms with Crippen LogP contribution in [0.1, 0.15) is 52.7 Å². The van der Waals surface area contributed by atoms with Crippen LogP contribution in [0, 0.1) is 0 Å². The minimum absolute atomic E-state index is 0.162. The summed E-state index contributed by atoms with van der Waals surface area (Å²) < 4.78 is 12.4. The maximum absolute atomic E-state index is 7.41. The Morgan fingerprint density at radius 2 is 0.728 bits per heavy atom. The summed E-state index contributed by atoms with van der Waals surface area (Å²) in [5.74, 6) is 1.62. The summed E-state index contributed by atoms with van der Waals surface area (Å²) in [6, 6.07) is 107. The number of para-hydroxylation sites is 7. The average molecular weight is 1180 g/mol. The normalized spacial score (nSPS) is 13.1. The Bertz CT molecular complexity index is 5380. The number of rotatable bonds is 5. The van der Waals surface area contributed by atoms with Crippen LogP contribution in [0.4, 0.5) is 34.1 Å². The van der Waals surface area contributed by atoms with E-state index in [0.29, 0.717) is 0 Å². The Hall–Kier alpha value is -11.1. The van der Waals surface area contributed by atoms with Crippen molar-refractivity contribution in [1.29, 1.82) is 0 Å². The van der Waals surface area contributed by atoms with Crippen LogP contribution >= 0.6 is 0 Å². The summed E-state index contributed by atoms with van der Waals surface area (Å²) in [6.07, 6.45) is 0. The van der Waals surface area contributed by atoms with Crippen LogP contribution in [-0.2, 0) is 10.8 Å². The van der Waals surface area contributed by atoms with E-state index in [1.54, 1.807) is 0 Å². The standard InChI is InChI=1S/C86H65BN4O/c1-85(2,3)56-44-47-76-68(48-56)66-34-17-23-42-80(66)92-81-43-24-18-35-67(81)69-49-57(86(4,5)6)50-71-84(69)90(76)78-52-59(89-74-40-21-15-32-64(74)65-33-16-22-41-75(65)89)53-79-82(78)87(71)70-46-45-58(88-72-38-19-13-30-62(72)63-31-14-20-39-73(63)88)51-77(70)91(79)83-60(54-26-9-7-10-27-54)36-25-37-61(83)55-28-11-8-12-29-55/h7-53H,1-6H3. The smallest absolute Gasteiger partial charge is 0.252 e. The molecule has 13 aromatic carbocycles. The first-order valence-electron chi connectivity index (χ1n) is 32.3. The maximum atomic E-state index is 7.41. The molecule has 0 radical (unpaired) electrons. The molecule has 0 amide bonds. The largest absolute Gasteiger partial charge is 0.456 e. The van der Waals surface area contributed by atoms with Gasteiger partial charge in [-0.3, -0.25) is 0 Å². The Kier molecular flexibility index (Phi) is 11.8. The van der Waals surface area contributed by atoms with E-state index < -0.39 is 0 Å². The van der Waals surface area contributed by atoms with Gasteiger partial charge in [-0.05, 0) is 128 Å². The quantitative estimate of drug-likeness (QED) is 0.161. The molecule has 6 heteroatoms. The SMILES string of the molecule is CC(C)(C)c1ccc2c(c1)-c1ccccc1Oc1ccccc1-c1cc(C(C)(C)C)cc3c1N2c1cc(-n2c4ccccc4c4ccccc42)cc2c1B3c1ccc(-n3c4ccccc4c4ccccc43)cc1N2c1c(-c2ccccc2)cccc1-c1ccccc1. The van der Waals surface area contributed by atoms with Gasteiger partial charge in [0.1, 0.15) is 11.5 Å². The highest BCUT2D eigenvalue weighted by atomic mass is 16.5. The second kappa shape index (κ2) is 20.2. The zero-order valence-electron chi connectivity index (χ0n) is 52.4. The lowest BCUT2D eigenvalue weighted by atomic mass is 9.33. The molecule has 2 aromatic heterocycles. The Morgan fingerprint density at radius 3 is 1.26 bits per heavy atom. The van der Waals surface area contributed by atoms with Gasteiger partial charge in [-0.25, -0.2) is 0 Å². The first-order valence-corrected chi connectivity index (χ1v) is 32.3. The molecule has 0 aliphatic carbocycles. The molecule has 5 nitrogen and oxygen atoms in total. The van der Waals surface area contributed by atoms with E-state index in [2.05, 4.69) is 346 Å². The van der Waals surface area contributed by atoms with E-state index in [1.807, 2.05) is 0 Å². The lowest BCUT2D eigenvalue weighted by Crippen LogP contribution is -2.61. The van der Waals surface area contributed by atoms with E-state index in [9.17, 15) is 0 Å². The van der Waals surface area contributed by atoms with Gasteiger partial charge in [-0.2, -0.15) is 0 Å². The Labute approximate surface area is 537 Å². The molecule has 0 unspecified atom stereocenters. The van der Waals surface area contributed by atoms with Gasteiger partial charge in [0, 0.05) is 83.4 Å². The third-order valence-corrected chi connectivity index (χ3v) is 19.8. The van der Waals surface area contributed by atoms with Crippen molar-refractivity contribution in [2.45, 2.75) is 52.4 Å². The van der Waals surface area contributed by atoms with Gasteiger partial charge in [-0.15, -0.1) is 0 Å². The molecule has 15 aromatic rings. The molecule has 0 saturated carbocycles. The first-order chi connectivity index (χ1) is 44.9. The van der Waals surface area contributed by atoms with Gasteiger partial charge in [0.15, 0.2) is 0 Å². The van der Waals surface area contributed by atoms with Gasteiger partial charge in [-0.1, -0.05) is 248 Å². The van der Waals surface area contributed by atoms with Crippen molar-refractivity contribution in [3.8, 4) is 67.4 Å². The highest BCUT2D eigenvalue weighted by Crippen LogP contribution is 2.56. The van der Waals surface area contributed by atoms with Crippen LogP contribution in [0.2, 0.25) is 0 Å². The first kappa shape index (κ1) is 53.9. The molecular formula is C86H65BN4O. The van der Waals surface area contributed by atoms with Gasteiger partial charge in [0.05, 0.1) is 39.1 Å². The molecule has 3 aliphatic heterocycles. The predicted molar refractivity (Wildman–Crippen MR) is 388 cm³/mol. The highest BCUT2D eigenvalue weighted by molar-refractivity contribution is 7.00. The summed E-state index contributed by atoms with van der Waals surface area (Å²) in [5.41, 5.74) is 28.0. The predicted octanol–water partition coefficient (Wildman–Crippen LogP) is 21.3. The van der Waals surface area contributed by atoms with E-state index >= 15 is 0 Å². The van der Waals surface area contributed by atoms with E-state index in [0.717, 1.165) is 124 Å². The molecule has 438 valence electrons. The summed E-state index contributed by atoms with van der Waals surface area (Å²) >= 11 is 0. The minimum Gasteiger partial charge on any atom is -0.456 e. The second-order valence-electron chi connectivity index (χ2n) is 27.2. The number of fused-ring (bicyclic) bond motifs is 16. The number of ether oxygens (including phenoxy) is 1. The van der Waals surface area contributed by atoms with Gasteiger partial charge in [0.2, 0.25) is 0 Å². The van der Waals surface area contributed by atoms with Gasteiger partial charge >= 0.3 is 0 Å². The van der Waals surface area contributed by atoms with Crippen LogP contribution in [0.15, 0.2) is 285 Å².